The third kappa shape index (κ3) is 4.52. The monoisotopic (exact) mass is 458 g/mol. The third-order valence-electron chi connectivity index (χ3n) is 4.01. The fraction of sp³-hybridized carbons (Fsp3) is 0.353. The van der Waals surface area contributed by atoms with Gasteiger partial charge in [-0.25, -0.2) is 8.42 Å². The zero-order chi connectivity index (χ0) is 18.6. The number of rotatable bonds is 6. The third-order valence-corrected chi connectivity index (χ3v) is 7.65. The molecular weight excluding hydrogens is 440 g/mol. The highest BCUT2D eigenvalue weighted by Crippen LogP contribution is 2.23. The van der Waals surface area contributed by atoms with E-state index in [4.69, 9.17) is 4.74 Å². The number of hydrogen-bond donors (Lipinski definition) is 1. The van der Waals surface area contributed by atoms with Gasteiger partial charge in [-0.15, -0.1) is 11.3 Å². The highest BCUT2D eigenvalue weighted by Gasteiger charge is 2.29. The molecule has 1 amide bonds. The Morgan fingerprint density at radius 2 is 1.92 bits per heavy atom. The Bertz CT molecular complexity index is 876. The molecule has 0 spiro atoms. The van der Waals surface area contributed by atoms with Gasteiger partial charge in [-0.05, 0) is 46.6 Å². The number of ether oxygens (including phenoxy) is 1. The van der Waals surface area contributed by atoms with E-state index in [1.807, 2.05) is 12.1 Å². The Kier molecular flexibility index (Phi) is 6.46. The van der Waals surface area contributed by atoms with Crippen LogP contribution in [0.2, 0.25) is 0 Å². The first-order chi connectivity index (χ1) is 12.5. The van der Waals surface area contributed by atoms with Crippen LogP contribution in [0.4, 0.5) is 0 Å². The van der Waals surface area contributed by atoms with Gasteiger partial charge < -0.3 is 10.1 Å². The summed E-state index contributed by atoms with van der Waals surface area (Å²) in [6, 6.07) is 10.3. The van der Waals surface area contributed by atoms with E-state index in [0.717, 1.165) is 8.66 Å². The van der Waals surface area contributed by atoms with E-state index < -0.39 is 10.0 Å². The summed E-state index contributed by atoms with van der Waals surface area (Å²) in [6.07, 6.45) is 0.695. The fourth-order valence-corrected chi connectivity index (χ4v) is 5.77. The van der Waals surface area contributed by atoms with Crippen molar-refractivity contribution in [2.45, 2.75) is 11.3 Å². The van der Waals surface area contributed by atoms with Crippen LogP contribution in [0.1, 0.15) is 15.2 Å². The molecule has 1 saturated heterocycles. The molecule has 0 saturated carbocycles. The van der Waals surface area contributed by atoms with E-state index in [9.17, 15) is 13.2 Å². The van der Waals surface area contributed by atoms with Crippen molar-refractivity contribution in [2.75, 3.05) is 32.8 Å². The van der Waals surface area contributed by atoms with Crippen LogP contribution >= 0.6 is 27.3 Å². The average Bonchev–Trinajstić information content (AvgIpc) is 3.07. The maximum atomic E-state index is 12.9. The molecule has 1 N–H and O–H groups in total. The molecule has 0 aliphatic carbocycles. The minimum absolute atomic E-state index is 0.0401. The lowest BCUT2D eigenvalue weighted by Gasteiger charge is -2.26. The van der Waals surface area contributed by atoms with E-state index in [0.29, 0.717) is 39.3 Å². The summed E-state index contributed by atoms with van der Waals surface area (Å²) >= 11 is 5.02. The second-order valence-electron chi connectivity index (χ2n) is 5.72. The standard InChI is InChI=1S/C17H19BrN2O4S2/c18-16-6-5-13(25-16)7-8-19-17(21)14-3-1-2-4-15(14)26(22,23)20-9-11-24-12-10-20/h1-6H,7-12H2,(H,19,21). The van der Waals surface area contributed by atoms with Crippen LogP contribution in [0.3, 0.4) is 0 Å². The van der Waals surface area contributed by atoms with Crippen LogP contribution in [-0.4, -0.2) is 51.5 Å². The summed E-state index contributed by atoms with van der Waals surface area (Å²) in [5, 5.41) is 2.82. The van der Waals surface area contributed by atoms with Gasteiger partial charge in [-0.2, -0.15) is 4.31 Å². The maximum absolute atomic E-state index is 12.9. The van der Waals surface area contributed by atoms with Crippen molar-refractivity contribution >= 4 is 43.2 Å². The molecule has 1 aliphatic rings. The first kappa shape index (κ1) is 19.5. The van der Waals surface area contributed by atoms with Gasteiger partial charge in [0.1, 0.15) is 0 Å². The van der Waals surface area contributed by atoms with E-state index >= 15 is 0 Å². The minimum atomic E-state index is -3.72. The number of hydrogen-bond acceptors (Lipinski definition) is 5. The lowest BCUT2D eigenvalue weighted by atomic mass is 10.2. The molecular formula is C17H19BrN2O4S2. The zero-order valence-corrected chi connectivity index (χ0v) is 17.2. The predicted molar refractivity (Wildman–Crippen MR) is 104 cm³/mol. The van der Waals surface area contributed by atoms with Gasteiger partial charge in [0.25, 0.3) is 5.91 Å². The summed E-state index contributed by atoms with van der Waals surface area (Å²) in [7, 11) is -3.72. The number of carbonyl (C=O) groups excluding carboxylic acids is 1. The van der Waals surface area contributed by atoms with Crippen LogP contribution in [0.15, 0.2) is 45.1 Å². The molecule has 1 aromatic carbocycles. The van der Waals surface area contributed by atoms with Crippen molar-refractivity contribution in [3.63, 3.8) is 0 Å². The van der Waals surface area contributed by atoms with Crippen LogP contribution in [0, 0.1) is 0 Å². The van der Waals surface area contributed by atoms with E-state index in [1.165, 1.54) is 10.4 Å². The number of nitrogens with zero attached hydrogens (tertiary/aromatic N) is 1. The number of halogens is 1. The second kappa shape index (κ2) is 8.62. The minimum Gasteiger partial charge on any atom is -0.379 e. The molecule has 0 radical (unpaired) electrons. The quantitative estimate of drug-likeness (QED) is 0.721. The Labute approximate surface area is 165 Å². The van der Waals surface area contributed by atoms with Gasteiger partial charge in [0.15, 0.2) is 0 Å². The molecule has 1 fully saturated rings. The number of thiophene rings is 1. The van der Waals surface area contributed by atoms with Crippen molar-refractivity contribution in [3.05, 3.63) is 50.6 Å². The number of carbonyl (C=O) groups is 1. The smallest absolute Gasteiger partial charge is 0.252 e. The van der Waals surface area contributed by atoms with Gasteiger partial charge in [0.2, 0.25) is 10.0 Å². The largest absolute Gasteiger partial charge is 0.379 e. The molecule has 0 unspecified atom stereocenters. The fourth-order valence-electron chi connectivity index (χ4n) is 2.69. The normalized spacial score (nSPS) is 15.7. The Morgan fingerprint density at radius 3 is 2.62 bits per heavy atom. The average molecular weight is 459 g/mol. The van der Waals surface area contributed by atoms with Crippen LogP contribution in [0.5, 0.6) is 0 Å². The summed E-state index contributed by atoms with van der Waals surface area (Å²) in [6.45, 7) is 1.77. The van der Waals surface area contributed by atoms with Crippen molar-refractivity contribution in [2.24, 2.45) is 0 Å². The molecule has 1 aromatic heterocycles. The highest BCUT2D eigenvalue weighted by molar-refractivity contribution is 9.11. The molecule has 26 heavy (non-hydrogen) atoms. The number of benzene rings is 1. The van der Waals surface area contributed by atoms with Gasteiger partial charge in [-0.1, -0.05) is 12.1 Å². The van der Waals surface area contributed by atoms with E-state index in [2.05, 4.69) is 21.2 Å². The molecule has 2 heterocycles. The second-order valence-corrected chi connectivity index (χ2v) is 10.2. The SMILES string of the molecule is O=C(NCCc1ccc(Br)s1)c1ccccc1S(=O)(=O)N1CCOCC1. The topological polar surface area (TPSA) is 75.7 Å². The Hall–Kier alpha value is -1.26. The van der Waals surface area contributed by atoms with Crippen LogP contribution in [-0.2, 0) is 21.2 Å². The summed E-state index contributed by atoms with van der Waals surface area (Å²) in [5.74, 6) is -0.381. The van der Waals surface area contributed by atoms with Crippen molar-refractivity contribution in [1.82, 2.24) is 9.62 Å². The lowest BCUT2D eigenvalue weighted by molar-refractivity contribution is 0.0730. The predicted octanol–water partition coefficient (Wildman–Crippen LogP) is 2.50. The van der Waals surface area contributed by atoms with Crippen molar-refractivity contribution in [1.29, 1.82) is 0 Å². The zero-order valence-electron chi connectivity index (χ0n) is 14.0. The Balaban J connectivity index is 1.72. The molecule has 140 valence electrons. The molecule has 0 atom stereocenters. The maximum Gasteiger partial charge on any atom is 0.252 e. The molecule has 3 rings (SSSR count). The van der Waals surface area contributed by atoms with Crippen molar-refractivity contribution in [3.8, 4) is 0 Å². The summed E-state index contributed by atoms with van der Waals surface area (Å²) < 4.78 is 33.4. The molecule has 1 aliphatic heterocycles. The van der Waals surface area contributed by atoms with Crippen molar-refractivity contribution < 1.29 is 17.9 Å². The van der Waals surface area contributed by atoms with Gasteiger partial charge in [0, 0.05) is 24.5 Å². The van der Waals surface area contributed by atoms with Gasteiger partial charge in [-0.3, -0.25) is 4.79 Å². The molecule has 2 aromatic rings. The van der Waals surface area contributed by atoms with E-state index in [-0.39, 0.29) is 16.4 Å². The number of morpholine rings is 1. The number of nitrogens with one attached hydrogen (secondary N) is 1. The summed E-state index contributed by atoms with van der Waals surface area (Å²) in [5.41, 5.74) is 0.173. The first-order valence-electron chi connectivity index (χ1n) is 8.18. The summed E-state index contributed by atoms with van der Waals surface area (Å²) in [4.78, 5) is 13.8. The van der Waals surface area contributed by atoms with Crippen LogP contribution in [0.25, 0.3) is 0 Å². The number of sulfonamides is 1. The number of amides is 1. The Morgan fingerprint density at radius 1 is 1.19 bits per heavy atom. The molecule has 6 nitrogen and oxygen atoms in total. The highest BCUT2D eigenvalue weighted by atomic mass is 79.9. The van der Waals surface area contributed by atoms with E-state index in [1.54, 1.807) is 29.5 Å². The van der Waals surface area contributed by atoms with Crippen LogP contribution < -0.4 is 5.32 Å². The molecule has 9 heteroatoms. The first-order valence-corrected chi connectivity index (χ1v) is 11.2. The lowest BCUT2D eigenvalue weighted by Crippen LogP contribution is -2.41. The van der Waals surface area contributed by atoms with Gasteiger partial charge in [0.05, 0.1) is 27.5 Å². The molecule has 0 bridgehead atoms. The van der Waals surface area contributed by atoms with Gasteiger partial charge >= 0.3 is 0 Å².